The highest BCUT2D eigenvalue weighted by Gasteiger charge is 2.45. The van der Waals surface area contributed by atoms with E-state index in [1.165, 1.54) is 6.33 Å². The quantitative estimate of drug-likeness (QED) is 0.629. The van der Waals surface area contributed by atoms with Gasteiger partial charge in [-0.2, -0.15) is 5.10 Å². The van der Waals surface area contributed by atoms with Crippen LogP contribution in [-0.4, -0.2) is 20.5 Å². The maximum Gasteiger partial charge on any atom is 0.174 e. The van der Waals surface area contributed by atoms with E-state index in [4.69, 9.17) is 11.6 Å². The van der Waals surface area contributed by atoms with Crippen LogP contribution in [0.25, 0.3) is 0 Å². The highest BCUT2D eigenvalue weighted by atomic mass is 35.5. The van der Waals surface area contributed by atoms with Gasteiger partial charge in [-0.05, 0) is 18.1 Å². The summed E-state index contributed by atoms with van der Waals surface area (Å²) in [7, 11) is 0. The van der Waals surface area contributed by atoms with E-state index < -0.39 is 5.54 Å². The molecule has 0 aliphatic heterocycles. The number of aromatic nitrogens is 3. The summed E-state index contributed by atoms with van der Waals surface area (Å²) in [5, 5.41) is 4.87. The van der Waals surface area contributed by atoms with Gasteiger partial charge in [-0.3, -0.25) is 4.79 Å². The first-order valence-corrected chi connectivity index (χ1v) is 8.78. The van der Waals surface area contributed by atoms with Gasteiger partial charge in [-0.25, -0.2) is 9.67 Å². The van der Waals surface area contributed by atoms with Crippen LogP contribution in [0.1, 0.15) is 37.3 Å². The molecule has 4 nitrogen and oxygen atoms in total. The van der Waals surface area contributed by atoms with E-state index >= 15 is 0 Å². The summed E-state index contributed by atoms with van der Waals surface area (Å²) in [4.78, 5) is 17.6. The predicted molar refractivity (Wildman–Crippen MR) is 98.6 cm³/mol. The van der Waals surface area contributed by atoms with E-state index in [0.717, 1.165) is 24.0 Å². The molecule has 128 valence electrons. The van der Waals surface area contributed by atoms with Crippen LogP contribution in [0.15, 0.2) is 67.3 Å². The number of halogens is 1. The second kappa shape index (κ2) is 7.62. The standard InChI is InChI=1S/C20H20ClN3O/c1-2-3-13-19(25)20(24-15-22-14-23-24,16-9-5-4-6-10-16)17-11-7-8-12-18(17)21/h4-12,14-15H,2-3,13H2,1H3. The minimum atomic E-state index is -1.12. The fourth-order valence-electron chi connectivity index (χ4n) is 3.18. The molecule has 1 heterocycles. The molecule has 0 N–H and O–H groups in total. The van der Waals surface area contributed by atoms with E-state index in [0.29, 0.717) is 11.4 Å². The largest absolute Gasteiger partial charge is 0.296 e. The first-order valence-electron chi connectivity index (χ1n) is 8.40. The third-order valence-corrected chi connectivity index (χ3v) is 4.71. The van der Waals surface area contributed by atoms with Crippen molar-refractivity contribution in [3.63, 3.8) is 0 Å². The number of unbranched alkanes of at least 4 members (excludes halogenated alkanes) is 1. The van der Waals surface area contributed by atoms with Gasteiger partial charge in [0.2, 0.25) is 0 Å². The predicted octanol–water partition coefficient (Wildman–Crippen LogP) is 4.48. The normalized spacial score (nSPS) is 13.4. The monoisotopic (exact) mass is 353 g/mol. The van der Waals surface area contributed by atoms with Crippen LogP contribution in [0, 0.1) is 0 Å². The molecule has 0 aliphatic carbocycles. The highest BCUT2D eigenvalue weighted by molar-refractivity contribution is 6.32. The third-order valence-electron chi connectivity index (χ3n) is 4.38. The molecule has 0 saturated carbocycles. The molecular weight excluding hydrogens is 334 g/mol. The fraction of sp³-hybridized carbons (Fsp3) is 0.250. The van der Waals surface area contributed by atoms with Crippen LogP contribution in [-0.2, 0) is 10.3 Å². The average molecular weight is 354 g/mol. The zero-order valence-electron chi connectivity index (χ0n) is 14.1. The lowest BCUT2D eigenvalue weighted by molar-refractivity contribution is -0.124. The lowest BCUT2D eigenvalue weighted by Gasteiger charge is -2.34. The molecule has 5 heteroatoms. The van der Waals surface area contributed by atoms with Gasteiger partial charge in [-0.1, -0.05) is 73.5 Å². The van der Waals surface area contributed by atoms with Crippen LogP contribution in [0.5, 0.6) is 0 Å². The average Bonchev–Trinajstić information content (AvgIpc) is 3.18. The number of rotatable bonds is 7. The summed E-state index contributed by atoms with van der Waals surface area (Å²) in [5.41, 5.74) is 0.426. The van der Waals surface area contributed by atoms with Gasteiger partial charge in [0.15, 0.2) is 11.3 Å². The van der Waals surface area contributed by atoms with Crippen LogP contribution in [0.2, 0.25) is 5.02 Å². The van der Waals surface area contributed by atoms with Crippen molar-refractivity contribution >= 4 is 17.4 Å². The summed E-state index contributed by atoms with van der Waals surface area (Å²) in [5.74, 6) is 0.0548. The summed E-state index contributed by atoms with van der Waals surface area (Å²) in [6.45, 7) is 2.07. The second-order valence-corrected chi connectivity index (χ2v) is 6.33. The number of hydrogen-bond acceptors (Lipinski definition) is 3. The Kier molecular flexibility index (Phi) is 5.29. The van der Waals surface area contributed by atoms with Crippen LogP contribution in [0.3, 0.4) is 0 Å². The molecule has 3 aromatic rings. The maximum absolute atomic E-state index is 13.5. The minimum Gasteiger partial charge on any atom is -0.296 e. The number of hydrogen-bond donors (Lipinski definition) is 0. The van der Waals surface area contributed by atoms with Crippen molar-refractivity contribution in [2.75, 3.05) is 0 Å². The lowest BCUT2D eigenvalue weighted by Crippen LogP contribution is -2.45. The van der Waals surface area contributed by atoms with Crippen molar-refractivity contribution in [1.29, 1.82) is 0 Å². The van der Waals surface area contributed by atoms with Crippen LogP contribution < -0.4 is 0 Å². The third kappa shape index (κ3) is 3.10. The molecule has 25 heavy (non-hydrogen) atoms. The van der Waals surface area contributed by atoms with E-state index in [-0.39, 0.29) is 5.78 Å². The smallest absolute Gasteiger partial charge is 0.174 e. The molecule has 0 bridgehead atoms. The Labute approximate surface area is 152 Å². The van der Waals surface area contributed by atoms with E-state index in [2.05, 4.69) is 17.0 Å². The zero-order valence-corrected chi connectivity index (χ0v) is 14.9. The molecule has 0 aliphatic rings. The molecule has 3 rings (SSSR count). The number of carbonyl (C=O) groups is 1. The topological polar surface area (TPSA) is 47.8 Å². The number of ketones is 1. The van der Waals surface area contributed by atoms with Crippen molar-refractivity contribution in [2.24, 2.45) is 0 Å². The number of benzene rings is 2. The molecule has 1 atom stereocenters. The van der Waals surface area contributed by atoms with Gasteiger partial charge in [0.1, 0.15) is 12.7 Å². The van der Waals surface area contributed by atoms with Crippen molar-refractivity contribution in [3.8, 4) is 0 Å². The van der Waals surface area contributed by atoms with Crippen molar-refractivity contribution in [2.45, 2.75) is 31.7 Å². The van der Waals surface area contributed by atoms with Crippen LogP contribution >= 0.6 is 11.6 Å². The SMILES string of the molecule is CCCCC(=O)C(c1ccccc1)(c1ccccc1Cl)n1cncn1. The van der Waals surface area contributed by atoms with Crippen molar-refractivity contribution in [1.82, 2.24) is 14.8 Å². The highest BCUT2D eigenvalue weighted by Crippen LogP contribution is 2.39. The lowest BCUT2D eigenvalue weighted by atomic mass is 9.77. The molecule has 2 aromatic carbocycles. The van der Waals surface area contributed by atoms with Gasteiger partial charge in [0, 0.05) is 17.0 Å². The summed E-state index contributed by atoms with van der Waals surface area (Å²) < 4.78 is 1.63. The van der Waals surface area contributed by atoms with Gasteiger partial charge in [-0.15, -0.1) is 0 Å². The second-order valence-electron chi connectivity index (χ2n) is 5.92. The maximum atomic E-state index is 13.5. The first kappa shape index (κ1) is 17.4. The molecule has 0 radical (unpaired) electrons. The van der Waals surface area contributed by atoms with Gasteiger partial charge in [0.25, 0.3) is 0 Å². The minimum absolute atomic E-state index is 0.0548. The molecule has 1 unspecified atom stereocenters. The molecule has 0 spiro atoms. The zero-order chi connectivity index (χ0) is 17.7. The van der Waals surface area contributed by atoms with Crippen molar-refractivity contribution < 1.29 is 4.79 Å². The van der Waals surface area contributed by atoms with Gasteiger partial charge >= 0.3 is 0 Å². The Balaban J connectivity index is 2.32. The summed E-state index contributed by atoms with van der Waals surface area (Å²) >= 11 is 6.54. The molecule has 0 fully saturated rings. The Bertz CT molecular complexity index is 833. The Morgan fingerprint density at radius 1 is 1.12 bits per heavy atom. The van der Waals surface area contributed by atoms with Crippen LogP contribution in [0.4, 0.5) is 0 Å². The van der Waals surface area contributed by atoms with E-state index in [1.807, 2.05) is 48.5 Å². The Hall–Kier alpha value is -2.46. The Morgan fingerprint density at radius 2 is 1.84 bits per heavy atom. The van der Waals surface area contributed by atoms with Crippen molar-refractivity contribution in [3.05, 3.63) is 83.4 Å². The van der Waals surface area contributed by atoms with Gasteiger partial charge in [0.05, 0.1) is 0 Å². The van der Waals surface area contributed by atoms with Gasteiger partial charge < -0.3 is 0 Å². The summed E-state index contributed by atoms with van der Waals surface area (Å²) in [6, 6.07) is 17.1. The number of nitrogens with zero attached hydrogens (tertiary/aromatic N) is 3. The molecule has 0 amide bonds. The number of carbonyl (C=O) groups excluding carboxylic acids is 1. The van der Waals surface area contributed by atoms with E-state index in [9.17, 15) is 4.79 Å². The summed E-state index contributed by atoms with van der Waals surface area (Å²) in [6.07, 6.45) is 5.22. The van der Waals surface area contributed by atoms with E-state index in [1.54, 1.807) is 17.1 Å². The Morgan fingerprint density at radius 3 is 2.48 bits per heavy atom. The number of Topliss-reactive ketones (excluding diaryl/α,β-unsaturated/α-hetero) is 1. The molecule has 1 aromatic heterocycles. The molecular formula is C20H20ClN3O. The first-order chi connectivity index (χ1) is 12.2. The fourth-order valence-corrected chi connectivity index (χ4v) is 3.46. The molecule has 0 saturated heterocycles.